The number of rotatable bonds is 1. The minimum atomic E-state index is -0.538. The first-order chi connectivity index (χ1) is 6.60. The summed E-state index contributed by atoms with van der Waals surface area (Å²) in [6, 6.07) is 0. The molecule has 4 heteroatoms. The van der Waals surface area contributed by atoms with Crippen LogP contribution in [0.3, 0.4) is 0 Å². The number of amides is 1. The topological polar surface area (TPSA) is 43.8 Å². The first-order valence-corrected chi connectivity index (χ1v) is 5.07. The summed E-state index contributed by atoms with van der Waals surface area (Å²) in [6.07, 6.45) is 1.92. The maximum Gasteiger partial charge on any atom is 0.223 e. The van der Waals surface area contributed by atoms with Crippen LogP contribution in [0.4, 0.5) is 0 Å². The van der Waals surface area contributed by atoms with Gasteiger partial charge in [0, 0.05) is 19.7 Å². The highest BCUT2D eigenvalue weighted by Crippen LogP contribution is 2.39. The van der Waals surface area contributed by atoms with Gasteiger partial charge in [-0.15, -0.1) is 0 Å². The summed E-state index contributed by atoms with van der Waals surface area (Å²) in [5, 5.41) is 11.3. The van der Waals surface area contributed by atoms with E-state index in [-0.39, 0.29) is 5.91 Å². The lowest BCUT2D eigenvalue weighted by Gasteiger charge is -2.37. The van der Waals surface area contributed by atoms with Gasteiger partial charge >= 0.3 is 0 Å². The molecule has 86 valence electrons. The van der Waals surface area contributed by atoms with Crippen LogP contribution in [-0.2, 0) is 4.79 Å². The Labute approximate surface area is 91.1 Å². The molecule has 0 aromatic heterocycles. The molecule has 1 rings (SSSR count). The molecule has 0 aliphatic carbocycles. The molecule has 0 aromatic carbocycles. The van der Waals surface area contributed by atoms with Crippen LogP contribution in [0.15, 0.2) is 11.8 Å². The molecule has 0 aromatic rings. The fourth-order valence-electron chi connectivity index (χ4n) is 2.08. The molecule has 0 saturated carbocycles. The van der Waals surface area contributed by atoms with E-state index in [9.17, 15) is 10.0 Å². The number of carbonyl (C=O) groups is 1. The average Bonchev–Trinajstić information content (AvgIpc) is 2.25. The van der Waals surface area contributed by atoms with Gasteiger partial charge in [-0.25, -0.2) is 0 Å². The third-order valence-electron chi connectivity index (χ3n) is 3.03. The lowest BCUT2D eigenvalue weighted by atomic mass is 10.0. The monoisotopic (exact) mass is 212 g/mol. The lowest BCUT2D eigenvalue weighted by molar-refractivity contribution is -0.188. The van der Waals surface area contributed by atoms with Crippen LogP contribution in [0, 0.1) is 0 Å². The zero-order valence-electron chi connectivity index (χ0n) is 10.3. The van der Waals surface area contributed by atoms with Gasteiger partial charge in [0.25, 0.3) is 0 Å². The Morgan fingerprint density at radius 3 is 2.13 bits per heavy atom. The molecule has 1 aliphatic heterocycles. The van der Waals surface area contributed by atoms with Crippen molar-refractivity contribution >= 4 is 5.91 Å². The Bertz CT molecular complexity index is 319. The minimum Gasteiger partial charge on any atom is -0.318 e. The minimum absolute atomic E-state index is 0.0274. The summed E-state index contributed by atoms with van der Waals surface area (Å²) in [5.41, 5.74) is -0.144. The molecule has 1 amide bonds. The van der Waals surface area contributed by atoms with E-state index in [0.717, 1.165) is 5.70 Å². The van der Waals surface area contributed by atoms with Gasteiger partial charge in [-0.05, 0) is 33.8 Å². The van der Waals surface area contributed by atoms with E-state index in [2.05, 4.69) is 0 Å². The third kappa shape index (κ3) is 1.79. The standard InChI is InChI=1S/C11H20N2O2/c1-8(14)12(6)9-7-10(2,3)13(15)11(9,4)5/h7,15H,1-6H3. The van der Waals surface area contributed by atoms with Crippen molar-refractivity contribution in [1.29, 1.82) is 0 Å². The van der Waals surface area contributed by atoms with Gasteiger partial charge in [0.15, 0.2) is 0 Å². The smallest absolute Gasteiger partial charge is 0.223 e. The Hall–Kier alpha value is -0.870. The first-order valence-electron chi connectivity index (χ1n) is 5.07. The van der Waals surface area contributed by atoms with E-state index in [1.807, 2.05) is 33.8 Å². The molecule has 4 nitrogen and oxygen atoms in total. The molecule has 1 aliphatic rings. The van der Waals surface area contributed by atoms with Crippen LogP contribution < -0.4 is 0 Å². The fraction of sp³-hybridized carbons (Fsp3) is 0.727. The summed E-state index contributed by atoms with van der Waals surface area (Å²) < 4.78 is 0. The molecule has 0 fully saturated rings. The van der Waals surface area contributed by atoms with Crippen molar-refractivity contribution in [1.82, 2.24) is 9.96 Å². The number of likely N-dealkylation sites (N-methyl/N-ethyl adjacent to an activating group) is 1. The van der Waals surface area contributed by atoms with Crippen molar-refractivity contribution in [2.45, 2.75) is 45.7 Å². The first kappa shape index (κ1) is 12.2. The maximum absolute atomic E-state index is 11.3. The Kier molecular flexibility index (Phi) is 2.70. The molecule has 0 saturated heterocycles. The zero-order valence-corrected chi connectivity index (χ0v) is 10.3. The molecule has 0 unspecified atom stereocenters. The quantitative estimate of drug-likeness (QED) is 0.718. The lowest BCUT2D eigenvalue weighted by Crippen LogP contribution is -2.49. The molecule has 1 N–H and O–H groups in total. The summed E-state index contributed by atoms with van der Waals surface area (Å²) in [4.78, 5) is 12.9. The van der Waals surface area contributed by atoms with Gasteiger partial charge in [-0.2, -0.15) is 5.06 Å². The molecular weight excluding hydrogens is 192 g/mol. The number of hydroxylamine groups is 2. The highest BCUT2D eigenvalue weighted by atomic mass is 16.5. The maximum atomic E-state index is 11.3. The van der Waals surface area contributed by atoms with Gasteiger partial charge in [-0.3, -0.25) is 4.79 Å². The van der Waals surface area contributed by atoms with E-state index in [1.165, 1.54) is 12.0 Å². The van der Waals surface area contributed by atoms with Crippen molar-refractivity contribution in [2.24, 2.45) is 0 Å². The predicted octanol–water partition coefficient (Wildman–Crippen LogP) is 1.61. The van der Waals surface area contributed by atoms with Crippen molar-refractivity contribution in [3.63, 3.8) is 0 Å². The van der Waals surface area contributed by atoms with Crippen LogP contribution in [0.2, 0.25) is 0 Å². The number of carbonyl (C=O) groups excluding carboxylic acids is 1. The van der Waals surface area contributed by atoms with Crippen LogP contribution in [-0.4, -0.2) is 39.2 Å². The largest absolute Gasteiger partial charge is 0.318 e. The van der Waals surface area contributed by atoms with Crippen LogP contribution in [0.1, 0.15) is 34.6 Å². The van der Waals surface area contributed by atoms with E-state index in [4.69, 9.17) is 0 Å². The summed E-state index contributed by atoms with van der Waals surface area (Å²) in [7, 11) is 1.73. The number of hydrogen-bond donors (Lipinski definition) is 1. The molecular formula is C11H20N2O2. The van der Waals surface area contributed by atoms with Gasteiger partial charge in [0.05, 0.1) is 11.1 Å². The van der Waals surface area contributed by atoms with Crippen molar-refractivity contribution in [3.8, 4) is 0 Å². The Morgan fingerprint density at radius 1 is 1.40 bits per heavy atom. The highest BCUT2D eigenvalue weighted by molar-refractivity contribution is 5.75. The van der Waals surface area contributed by atoms with E-state index in [0.29, 0.717) is 0 Å². The van der Waals surface area contributed by atoms with Gasteiger partial charge < -0.3 is 10.1 Å². The summed E-state index contributed by atoms with van der Waals surface area (Å²) >= 11 is 0. The van der Waals surface area contributed by atoms with E-state index in [1.54, 1.807) is 11.9 Å². The van der Waals surface area contributed by atoms with Gasteiger partial charge in [0.2, 0.25) is 5.91 Å². The average molecular weight is 212 g/mol. The van der Waals surface area contributed by atoms with Crippen molar-refractivity contribution in [2.75, 3.05) is 7.05 Å². The summed E-state index contributed by atoms with van der Waals surface area (Å²) in [5.74, 6) is -0.0274. The number of hydrogen-bond acceptors (Lipinski definition) is 3. The van der Waals surface area contributed by atoms with Gasteiger partial charge in [0.1, 0.15) is 0 Å². The second-order valence-corrected chi connectivity index (χ2v) is 5.13. The zero-order chi connectivity index (χ0) is 12.0. The second-order valence-electron chi connectivity index (χ2n) is 5.13. The molecule has 0 radical (unpaired) electrons. The summed E-state index contributed by atoms with van der Waals surface area (Å²) in [6.45, 7) is 9.13. The Balaban J connectivity index is 3.14. The highest BCUT2D eigenvalue weighted by Gasteiger charge is 2.47. The predicted molar refractivity (Wildman–Crippen MR) is 58.3 cm³/mol. The van der Waals surface area contributed by atoms with Gasteiger partial charge in [-0.1, -0.05) is 0 Å². The molecule has 1 heterocycles. The molecule has 0 bridgehead atoms. The molecule has 0 atom stereocenters. The van der Waals surface area contributed by atoms with Crippen LogP contribution in [0.25, 0.3) is 0 Å². The number of nitrogens with zero attached hydrogens (tertiary/aromatic N) is 2. The Morgan fingerprint density at radius 2 is 1.87 bits per heavy atom. The molecule has 0 spiro atoms. The van der Waals surface area contributed by atoms with Crippen LogP contribution >= 0.6 is 0 Å². The van der Waals surface area contributed by atoms with E-state index < -0.39 is 11.1 Å². The fourth-order valence-corrected chi connectivity index (χ4v) is 2.08. The molecule has 15 heavy (non-hydrogen) atoms. The second kappa shape index (κ2) is 3.32. The van der Waals surface area contributed by atoms with Crippen molar-refractivity contribution < 1.29 is 10.0 Å². The normalized spacial score (nSPS) is 23.8. The van der Waals surface area contributed by atoms with Crippen molar-refractivity contribution in [3.05, 3.63) is 11.8 Å². The van der Waals surface area contributed by atoms with Crippen LogP contribution in [0.5, 0.6) is 0 Å². The SMILES string of the molecule is CC(=O)N(C)C1=CC(C)(C)N(O)C1(C)C. The third-order valence-corrected chi connectivity index (χ3v) is 3.03. The van der Waals surface area contributed by atoms with E-state index >= 15 is 0 Å².